The maximum absolute atomic E-state index is 11.4. The van der Waals surface area contributed by atoms with Gasteiger partial charge < -0.3 is 9.26 Å². The van der Waals surface area contributed by atoms with Gasteiger partial charge in [0.15, 0.2) is 0 Å². The number of thioether (sulfide) groups is 1. The molecule has 1 aromatic carbocycles. The maximum Gasteiger partial charge on any atom is 0.337 e. The molecular weight excluding hydrogens is 262 g/mol. The lowest BCUT2D eigenvalue weighted by Crippen LogP contribution is -2.01. The van der Waals surface area contributed by atoms with Crippen molar-refractivity contribution in [1.82, 2.24) is 5.16 Å². The molecule has 0 saturated heterocycles. The van der Waals surface area contributed by atoms with Crippen LogP contribution in [0.5, 0.6) is 0 Å². The van der Waals surface area contributed by atoms with Crippen LogP contribution in [0.3, 0.4) is 0 Å². The highest BCUT2D eigenvalue weighted by Gasteiger charge is 2.06. The third-order valence-electron chi connectivity index (χ3n) is 2.54. The summed E-state index contributed by atoms with van der Waals surface area (Å²) in [5, 5.41) is 3.84. The monoisotopic (exact) mass is 277 g/mol. The van der Waals surface area contributed by atoms with Crippen LogP contribution in [0.15, 0.2) is 34.9 Å². The minimum atomic E-state index is -0.308. The number of aromatic nitrogens is 1. The Labute approximate surface area is 116 Å². The van der Waals surface area contributed by atoms with Crippen molar-refractivity contribution in [2.45, 2.75) is 18.4 Å². The first kappa shape index (κ1) is 13.7. The van der Waals surface area contributed by atoms with Crippen molar-refractivity contribution in [2.75, 3.05) is 7.11 Å². The fourth-order valence-corrected chi connectivity index (χ4v) is 2.51. The second kappa shape index (κ2) is 6.43. The molecule has 0 fully saturated rings. The Morgan fingerprint density at radius 3 is 2.89 bits per heavy atom. The molecule has 1 aromatic heterocycles. The summed E-state index contributed by atoms with van der Waals surface area (Å²) >= 11 is 1.71. The van der Waals surface area contributed by atoms with Crippen LogP contribution in [0, 0.1) is 6.92 Å². The SMILES string of the molecule is COC(=O)c1cccc(CSCc2cc(C)no2)c1. The summed E-state index contributed by atoms with van der Waals surface area (Å²) in [6, 6.07) is 9.38. The van der Waals surface area contributed by atoms with Gasteiger partial charge in [-0.1, -0.05) is 17.3 Å². The molecule has 1 heterocycles. The van der Waals surface area contributed by atoms with Gasteiger partial charge in [0.2, 0.25) is 0 Å². The van der Waals surface area contributed by atoms with Gasteiger partial charge in [0.25, 0.3) is 0 Å². The Morgan fingerprint density at radius 1 is 1.37 bits per heavy atom. The Balaban J connectivity index is 1.90. The topological polar surface area (TPSA) is 52.3 Å². The molecule has 0 N–H and O–H groups in total. The molecular formula is C14H15NO3S. The van der Waals surface area contributed by atoms with E-state index in [4.69, 9.17) is 9.26 Å². The van der Waals surface area contributed by atoms with Gasteiger partial charge in [0.05, 0.1) is 24.1 Å². The number of rotatable bonds is 5. The summed E-state index contributed by atoms with van der Waals surface area (Å²) in [5.41, 5.74) is 2.56. The number of hydrogen-bond donors (Lipinski definition) is 0. The first-order valence-electron chi connectivity index (χ1n) is 5.86. The first-order chi connectivity index (χ1) is 9.19. The average molecular weight is 277 g/mol. The molecule has 100 valence electrons. The molecule has 0 aliphatic rings. The van der Waals surface area contributed by atoms with Gasteiger partial charge in [0.1, 0.15) is 5.76 Å². The van der Waals surface area contributed by atoms with E-state index in [9.17, 15) is 4.79 Å². The van der Waals surface area contributed by atoms with Crippen molar-refractivity contribution in [3.05, 3.63) is 52.9 Å². The van der Waals surface area contributed by atoms with Crippen LogP contribution in [0.2, 0.25) is 0 Å². The van der Waals surface area contributed by atoms with E-state index in [1.807, 2.05) is 31.2 Å². The van der Waals surface area contributed by atoms with E-state index in [1.54, 1.807) is 17.8 Å². The second-order valence-corrected chi connectivity index (χ2v) is 5.10. The van der Waals surface area contributed by atoms with E-state index in [-0.39, 0.29) is 5.97 Å². The van der Waals surface area contributed by atoms with Gasteiger partial charge in [0, 0.05) is 11.8 Å². The predicted octanol–water partition coefficient (Wildman–Crippen LogP) is 3.20. The number of ether oxygens (including phenoxy) is 1. The third-order valence-corrected chi connectivity index (χ3v) is 3.56. The number of hydrogen-bond acceptors (Lipinski definition) is 5. The molecule has 0 bridgehead atoms. The van der Waals surface area contributed by atoms with Gasteiger partial charge in [-0.15, -0.1) is 11.8 Å². The zero-order valence-corrected chi connectivity index (χ0v) is 11.7. The summed E-state index contributed by atoms with van der Waals surface area (Å²) in [6.45, 7) is 1.90. The molecule has 0 saturated carbocycles. The van der Waals surface area contributed by atoms with Crippen molar-refractivity contribution in [1.29, 1.82) is 0 Å². The molecule has 4 nitrogen and oxygen atoms in total. The van der Waals surface area contributed by atoms with E-state index in [1.165, 1.54) is 7.11 Å². The fourth-order valence-electron chi connectivity index (χ4n) is 1.66. The molecule has 0 spiro atoms. The molecule has 0 atom stereocenters. The van der Waals surface area contributed by atoms with Crippen molar-refractivity contribution < 1.29 is 14.1 Å². The summed E-state index contributed by atoms with van der Waals surface area (Å²) in [5.74, 6) is 2.14. The summed E-state index contributed by atoms with van der Waals surface area (Å²) in [6.07, 6.45) is 0. The van der Waals surface area contributed by atoms with E-state index in [0.717, 1.165) is 28.5 Å². The Bertz CT molecular complexity index is 565. The van der Waals surface area contributed by atoms with Crippen LogP contribution in [0.25, 0.3) is 0 Å². The van der Waals surface area contributed by atoms with Crippen molar-refractivity contribution >= 4 is 17.7 Å². The normalized spacial score (nSPS) is 10.4. The van der Waals surface area contributed by atoms with Crippen LogP contribution >= 0.6 is 11.8 Å². The first-order valence-corrected chi connectivity index (χ1v) is 7.01. The minimum Gasteiger partial charge on any atom is -0.465 e. The zero-order chi connectivity index (χ0) is 13.7. The summed E-state index contributed by atoms with van der Waals surface area (Å²) in [4.78, 5) is 11.4. The van der Waals surface area contributed by atoms with Gasteiger partial charge in [-0.2, -0.15) is 0 Å². The van der Waals surface area contributed by atoms with Crippen LogP contribution in [-0.2, 0) is 16.2 Å². The Morgan fingerprint density at radius 2 is 2.21 bits per heavy atom. The zero-order valence-electron chi connectivity index (χ0n) is 10.9. The lowest BCUT2D eigenvalue weighted by molar-refractivity contribution is 0.0600. The van der Waals surface area contributed by atoms with Crippen molar-refractivity contribution in [3.63, 3.8) is 0 Å². The number of aryl methyl sites for hydroxylation is 1. The smallest absolute Gasteiger partial charge is 0.337 e. The number of benzene rings is 1. The highest BCUT2D eigenvalue weighted by molar-refractivity contribution is 7.97. The lowest BCUT2D eigenvalue weighted by atomic mass is 10.1. The maximum atomic E-state index is 11.4. The molecule has 19 heavy (non-hydrogen) atoms. The largest absolute Gasteiger partial charge is 0.465 e. The van der Waals surface area contributed by atoms with Crippen LogP contribution in [-0.4, -0.2) is 18.2 Å². The second-order valence-electron chi connectivity index (χ2n) is 4.12. The van der Waals surface area contributed by atoms with Gasteiger partial charge >= 0.3 is 5.97 Å². The molecule has 0 aliphatic heterocycles. The number of methoxy groups -OCH3 is 1. The van der Waals surface area contributed by atoms with E-state index < -0.39 is 0 Å². The number of nitrogens with zero attached hydrogens (tertiary/aromatic N) is 1. The van der Waals surface area contributed by atoms with Crippen LogP contribution in [0.1, 0.15) is 27.4 Å². The highest BCUT2D eigenvalue weighted by Crippen LogP contribution is 2.19. The highest BCUT2D eigenvalue weighted by atomic mass is 32.2. The van der Waals surface area contributed by atoms with E-state index >= 15 is 0 Å². The molecule has 2 rings (SSSR count). The third kappa shape index (κ3) is 3.86. The average Bonchev–Trinajstić information content (AvgIpc) is 2.84. The van der Waals surface area contributed by atoms with E-state index in [2.05, 4.69) is 5.16 Å². The Kier molecular flexibility index (Phi) is 4.63. The predicted molar refractivity (Wildman–Crippen MR) is 74.0 cm³/mol. The fraction of sp³-hybridized carbons (Fsp3) is 0.286. The minimum absolute atomic E-state index is 0.308. The summed E-state index contributed by atoms with van der Waals surface area (Å²) < 4.78 is 9.84. The summed E-state index contributed by atoms with van der Waals surface area (Å²) in [7, 11) is 1.38. The standard InChI is InChI=1S/C14H15NO3S/c1-10-6-13(18-15-10)9-19-8-11-4-3-5-12(7-11)14(16)17-2/h3-7H,8-9H2,1-2H3. The number of carbonyl (C=O) groups excluding carboxylic acids is 1. The quantitative estimate of drug-likeness (QED) is 0.785. The molecule has 5 heteroatoms. The van der Waals surface area contributed by atoms with Gasteiger partial charge in [-0.25, -0.2) is 4.79 Å². The van der Waals surface area contributed by atoms with Crippen LogP contribution < -0.4 is 0 Å². The molecule has 0 unspecified atom stereocenters. The van der Waals surface area contributed by atoms with Crippen molar-refractivity contribution in [2.24, 2.45) is 0 Å². The Hall–Kier alpha value is -1.75. The molecule has 0 radical (unpaired) electrons. The van der Waals surface area contributed by atoms with Gasteiger partial charge in [-0.3, -0.25) is 0 Å². The van der Waals surface area contributed by atoms with E-state index in [0.29, 0.717) is 5.56 Å². The lowest BCUT2D eigenvalue weighted by Gasteiger charge is -2.03. The molecule has 0 amide bonds. The number of esters is 1. The van der Waals surface area contributed by atoms with Crippen molar-refractivity contribution in [3.8, 4) is 0 Å². The number of carbonyl (C=O) groups is 1. The van der Waals surface area contributed by atoms with Gasteiger partial charge in [-0.05, 0) is 24.6 Å². The molecule has 2 aromatic rings. The van der Waals surface area contributed by atoms with Crippen LogP contribution in [0.4, 0.5) is 0 Å². The molecule has 0 aliphatic carbocycles.